The molecule has 0 fully saturated rings. The summed E-state index contributed by atoms with van der Waals surface area (Å²) < 4.78 is 0. The number of nitro groups is 1. The Hall–Kier alpha value is -4.18. The third-order valence-corrected chi connectivity index (χ3v) is 5.59. The molecule has 2 amide bonds. The number of nitro benzene ring substituents is 1. The minimum atomic E-state index is -1.05. The predicted octanol–water partition coefficient (Wildman–Crippen LogP) is 4.66. The van der Waals surface area contributed by atoms with Crippen LogP contribution in [0, 0.1) is 10.1 Å². The first kappa shape index (κ1) is 23.5. The summed E-state index contributed by atoms with van der Waals surface area (Å²) in [6, 6.07) is 18.2. The van der Waals surface area contributed by atoms with Crippen molar-refractivity contribution in [2.75, 3.05) is 10.6 Å². The third-order valence-electron chi connectivity index (χ3n) is 4.49. The van der Waals surface area contributed by atoms with Gasteiger partial charge >= 0.3 is 5.97 Å². The van der Waals surface area contributed by atoms with Crippen molar-refractivity contribution in [2.45, 2.75) is 17.1 Å². The summed E-state index contributed by atoms with van der Waals surface area (Å²) in [6.45, 7) is 1.72. The van der Waals surface area contributed by atoms with Crippen LogP contribution in [0.15, 0.2) is 77.7 Å². The second-order valence-electron chi connectivity index (χ2n) is 6.92. The number of amides is 2. The average molecular weight is 465 g/mol. The van der Waals surface area contributed by atoms with Gasteiger partial charge in [-0.05, 0) is 55.5 Å². The van der Waals surface area contributed by atoms with Crippen molar-refractivity contribution >= 4 is 46.6 Å². The summed E-state index contributed by atoms with van der Waals surface area (Å²) in [4.78, 5) is 46.9. The monoisotopic (exact) mass is 465 g/mol. The van der Waals surface area contributed by atoms with Crippen molar-refractivity contribution in [1.29, 1.82) is 0 Å². The van der Waals surface area contributed by atoms with Crippen LogP contribution in [-0.2, 0) is 4.79 Å². The van der Waals surface area contributed by atoms with Gasteiger partial charge in [-0.2, -0.15) is 0 Å². The van der Waals surface area contributed by atoms with E-state index in [0.717, 1.165) is 4.90 Å². The van der Waals surface area contributed by atoms with Gasteiger partial charge < -0.3 is 15.7 Å². The van der Waals surface area contributed by atoms with Crippen molar-refractivity contribution in [1.82, 2.24) is 0 Å². The van der Waals surface area contributed by atoms with Gasteiger partial charge in [0.1, 0.15) is 0 Å². The fourth-order valence-corrected chi connectivity index (χ4v) is 3.74. The molecule has 0 heterocycles. The van der Waals surface area contributed by atoms with Crippen LogP contribution in [0.2, 0.25) is 0 Å². The molecule has 10 heteroatoms. The molecule has 0 bridgehead atoms. The molecule has 0 aromatic heterocycles. The van der Waals surface area contributed by atoms with Crippen LogP contribution >= 0.6 is 11.8 Å². The number of non-ortho nitro benzene ring substituents is 1. The molecular weight excluding hydrogens is 446 g/mol. The number of carbonyl (C=O) groups is 3. The van der Waals surface area contributed by atoms with Gasteiger partial charge in [0.25, 0.3) is 11.6 Å². The summed E-state index contributed by atoms with van der Waals surface area (Å²) in [5.74, 6) is -1.81. The molecule has 0 saturated carbocycles. The van der Waals surface area contributed by atoms with E-state index in [-0.39, 0.29) is 22.7 Å². The molecule has 9 nitrogen and oxygen atoms in total. The van der Waals surface area contributed by atoms with Crippen LogP contribution in [0.25, 0.3) is 0 Å². The first-order valence-corrected chi connectivity index (χ1v) is 10.6. The van der Waals surface area contributed by atoms with Gasteiger partial charge in [0.05, 0.1) is 15.7 Å². The molecular formula is C23H19N3O6S. The lowest BCUT2D eigenvalue weighted by molar-refractivity contribution is -0.384. The maximum atomic E-state index is 12.5. The van der Waals surface area contributed by atoms with Crippen LogP contribution in [0.4, 0.5) is 17.1 Å². The van der Waals surface area contributed by atoms with Gasteiger partial charge in [0.15, 0.2) is 0 Å². The largest absolute Gasteiger partial charge is 0.478 e. The van der Waals surface area contributed by atoms with E-state index < -0.39 is 22.0 Å². The lowest BCUT2D eigenvalue weighted by atomic mass is 10.2. The van der Waals surface area contributed by atoms with E-state index in [9.17, 15) is 24.5 Å². The van der Waals surface area contributed by atoms with E-state index in [0.29, 0.717) is 11.4 Å². The van der Waals surface area contributed by atoms with Crippen LogP contribution < -0.4 is 10.6 Å². The molecule has 0 aliphatic rings. The number of benzene rings is 3. The Morgan fingerprint density at radius 3 is 2.27 bits per heavy atom. The molecule has 33 heavy (non-hydrogen) atoms. The summed E-state index contributed by atoms with van der Waals surface area (Å²) in [5, 5.41) is 24.8. The molecule has 3 N–H and O–H groups in total. The summed E-state index contributed by atoms with van der Waals surface area (Å²) in [7, 11) is 0. The number of aromatic carboxylic acids is 1. The summed E-state index contributed by atoms with van der Waals surface area (Å²) >= 11 is 1.28. The fourth-order valence-electron chi connectivity index (χ4n) is 2.81. The normalized spacial score (nSPS) is 11.3. The van der Waals surface area contributed by atoms with E-state index in [1.165, 1.54) is 60.3 Å². The van der Waals surface area contributed by atoms with Gasteiger partial charge in [-0.3, -0.25) is 19.7 Å². The quantitative estimate of drug-likeness (QED) is 0.250. The highest BCUT2D eigenvalue weighted by atomic mass is 32.2. The van der Waals surface area contributed by atoms with E-state index in [2.05, 4.69) is 10.6 Å². The third kappa shape index (κ3) is 6.40. The maximum Gasteiger partial charge on any atom is 0.335 e. The zero-order chi connectivity index (χ0) is 24.0. The van der Waals surface area contributed by atoms with Crippen LogP contribution in [-0.4, -0.2) is 33.1 Å². The van der Waals surface area contributed by atoms with E-state index in [1.54, 1.807) is 31.2 Å². The average Bonchev–Trinajstić information content (AvgIpc) is 2.79. The highest BCUT2D eigenvalue weighted by Crippen LogP contribution is 2.27. The predicted molar refractivity (Wildman–Crippen MR) is 125 cm³/mol. The Kier molecular flexibility index (Phi) is 7.42. The molecule has 0 aliphatic carbocycles. The Bertz CT molecular complexity index is 1210. The number of thioether (sulfide) groups is 1. The number of carboxylic acids is 1. The van der Waals surface area contributed by atoms with Gasteiger partial charge in [-0.15, -0.1) is 11.8 Å². The topological polar surface area (TPSA) is 139 Å². The second kappa shape index (κ2) is 10.4. The Balaban J connectivity index is 1.62. The molecule has 3 aromatic rings. The SMILES string of the molecule is CC(Sc1cccc(NC(=O)c2cccc([N+](=O)[O-])c2)c1)C(=O)Nc1ccc(C(=O)O)cc1. The minimum Gasteiger partial charge on any atom is -0.478 e. The second-order valence-corrected chi connectivity index (χ2v) is 8.34. The molecule has 3 aromatic carbocycles. The number of carbonyl (C=O) groups excluding carboxylic acids is 2. The van der Waals surface area contributed by atoms with E-state index >= 15 is 0 Å². The molecule has 1 unspecified atom stereocenters. The summed E-state index contributed by atoms with van der Waals surface area (Å²) in [6.07, 6.45) is 0. The van der Waals surface area contributed by atoms with Crippen LogP contribution in [0.1, 0.15) is 27.6 Å². The molecule has 0 spiro atoms. The van der Waals surface area contributed by atoms with Gasteiger partial charge in [-0.25, -0.2) is 4.79 Å². The minimum absolute atomic E-state index is 0.124. The van der Waals surface area contributed by atoms with Crippen molar-refractivity contribution in [3.8, 4) is 0 Å². The number of nitrogens with one attached hydrogen (secondary N) is 2. The van der Waals surface area contributed by atoms with Crippen molar-refractivity contribution in [3.05, 3.63) is 94.0 Å². The Labute approximate surface area is 193 Å². The number of anilines is 2. The first-order valence-electron chi connectivity index (χ1n) is 9.69. The highest BCUT2D eigenvalue weighted by molar-refractivity contribution is 8.00. The van der Waals surface area contributed by atoms with E-state index in [4.69, 9.17) is 5.11 Å². The summed E-state index contributed by atoms with van der Waals surface area (Å²) in [5.41, 5.74) is 1.07. The fraction of sp³-hybridized carbons (Fsp3) is 0.0870. The molecule has 1 atom stereocenters. The van der Waals surface area contributed by atoms with Gasteiger partial charge in [-0.1, -0.05) is 12.1 Å². The molecule has 0 radical (unpaired) electrons. The van der Waals surface area contributed by atoms with Crippen molar-refractivity contribution in [2.24, 2.45) is 0 Å². The maximum absolute atomic E-state index is 12.5. The van der Waals surface area contributed by atoms with Gasteiger partial charge in [0.2, 0.25) is 5.91 Å². The number of hydrogen-bond donors (Lipinski definition) is 3. The van der Waals surface area contributed by atoms with Crippen molar-refractivity contribution < 1.29 is 24.4 Å². The number of nitrogens with zero attached hydrogens (tertiary/aromatic N) is 1. The molecule has 3 rings (SSSR count). The molecule has 168 valence electrons. The van der Waals surface area contributed by atoms with Gasteiger partial charge in [0, 0.05) is 34.0 Å². The Morgan fingerprint density at radius 2 is 1.61 bits per heavy atom. The van der Waals surface area contributed by atoms with Crippen LogP contribution in [0.3, 0.4) is 0 Å². The van der Waals surface area contributed by atoms with E-state index in [1.807, 2.05) is 0 Å². The standard InChI is InChI=1S/C23H19N3O6S/c1-14(21(27)24-17-10-8-15(9-11-17)23(29)30)33-20-7-3-5-18(13-20)25-22(28)16-4-2-6-19(12-16)26(31)32/h2-14H,1H3,(H,24,27)(H,25,28)(H,29,30). The zero-order valence-electron chi connectivity index (χ0n) is 17.3. The lowest BCUT2D eigenvalue weighted by Gasteiger charge is -2.13. The zero-order valence-corrected chi connectivity index (χ0v) is 18.2. The number of rotatable bonds is 8. The number of hydrogen-bond acceptors (Lipinski definition) is 6. The highest BCUT2D eigenvalue weighted by Gasteiger charge is 2.16. The van der Waals surface area contributed by atoms with Crippen LogP contribution in [0.5, 0.6) is 0 Å². The Morgan fingerprint density at radius 1 is 0.909 bits per heavy atom. The van der Waals surface area contributed by atoms with Crippen molar-refractivity contribution in [3.63, 3.8) is 0 Å². The first-order chi connectivity index (χ1) is 15.7. The number of carboxylic acid groups (broad SMARTS) is 1. The molecule has 0 saturated heterocycles. The lowest BCUT2D eigenvalue weighted by Crippen LogP contribution is -2.22. The smallest absolute Gasteiger partial charge is 0.335 e. The molecule has 0 aliphatic heterocycles.